The number of ether oxygens (including phenoxy) is 3. The van der Waals surface area contributed by atoms with Gasteiger partial charge in [0.15, 0.2) is 0 Å². The summed E-state index contributed by atoms with van der Waals surface area (Å²) in [6.07, 6.45) is 0. The van der Waals surface area contributed by atoms with Gasteiger partial charge in [-0.15, -0.1) is 0 Å². The van der Waals surface area contributed by atoms with Crippen LogP contribution in [0.5, 0.6) is 17.2 Å². The third kappa shape index (κ3) is 4.55. The van der Waals surface area contributed by atoms with Crippen molar-refractivity contribution in [3.63, 3.8) is 0 Å². The molecule has 0 atom stereocenters. The van der Waals surface area contributed by atoms with Gasteiger partial charge in [0.25, 0.3) is 5.56 Å². The van der Waals surface area contributed by atoms with Gasteiger partial charge >= 0.3 is 0 Å². The van der Waals surface area contributed by atoms with E-state index in [1.165, 1.54) is 20.3 Å². The molecule has 8 nitrogen and oxygen atoms in total. The van der Waals surface area contributed by atoms with Crippen molar-refractivity contribution in [3.05, 3.63) is 65.0 Å². The number of nitrogens with zero attached hydrogens (tertiary/aromatic N) is 2. The average molecular weight is 395 g/mol. The third-order valence-corrected chi connectivity index (χ3v) is 4.23. The monoisotopic (exact) mass is 395 g/mol. The van der Waals surface area contributed by atoms with Crippen molar-refractivity contribution >= 4 is 11.6 Å². The van der Waals surface area contributed by atoms with Gasteiger partial charge in [-0.3, -0.25) is 9.59 Å². The maximum atomic E-state index is 12.4. The van der Waals surface area contributed by atoms with Crippen LogP contribution in [0.2, 0.25) is 0 Å². The Morgan fingerprint density at radius 1 is 0.966 bits per heavy atom. The molecule has 0 bridgehead atoms. The summed E-state index contributed by atoms with van der Waals surface area (Å²) in [5, 5.41) is 7.05. The van der Waals surface area contributed by atoms with E-state index in [4.69, 9.17) is 14.2 Å². The largest absolute Gasteiger partial charge is 0.497 e. The van der Waals surface area contributed by atoms with Gasteiger partial charge in [0.2, 0.25) is 5.91 Å². The number of methoxy groups -OCH3 is 3. The number of carbonyl (C=O) groups excluding carboxylic acids is 1. The van der Waals surface area contributed by atoms with E-state index in [0.717, 1.165) is 4.68 Å². The summed E-state index contributed by atoms with van der Waals surface area (Å²) in [4.78, 5) is 24.7. The second-order valence-corrected chi connectivity index (χ2v) is 6.03. The normalized spacial score (nSPS) is 10.3. The fourth-order valence-electron chi connectivity index (χ4n) is 2.79. The molecule has 0 saturated carbocycles. The van der Waals surface area contributed by atoms with E-state index in [0.29, 0.717) is 34.2 Å². The predicted molar refractivity (Wildman–Crippen MR) is 109 cm³/mol. The van der Waals surface area contributed by atoms with Crippen LogP contribution in [0, 0.1) is 0 Å². The second-order valence-electron chi connectivity index (χ2n) is 6.03. The lowest BCUT2D eigenvalue weighted by Gasteiger charge is -2.12. The van der Waals surface area contributed by atoms with Gasteiger partial charge in [0.05, 0.1) is 32.7 Å². The van der Waals surface area contributed by atoms with Crippen molar-refractivity contribution in [2.75, 3.05) is 26.6 Å². The Balaban J connectivity index is 1.86. The highest BCUT2D eigenvalue weighted by Crippen LogP contribution is 2.31. The van der Waals surface area contributed by atoms with Crippen LogP contribution in [-0.4, -0.2) is 37.0 Å². The number of aromatic nitrogens is 2. The minimum atomic E-state index is -0.400. The lowest BCUT2D eigenvalue weighted by Crippen LogP contribution is -2.29. The first-order chi connectivity index (χ1) is 14.0. The molecule has 0 aliphatic heterocycles. The highest BCUT2D eigenvalue weighted by Gasteiger charge is 2.13. The van der Waals surface area contributed by atoms with Gasteiger partial charge in [-0.2, -0.15) is 5.10 Å². The Morgan fingerprint density at radius 2 is 1.72 bits per heavy atom. The molecule has 0 spiro atoms. The van der Waals surface area contributed by atoms with Gasteiger partial charge in [0, 0.05) is 17.7 Å². The van der Waals surface area contributed by atoms with Crippen LogP contribution in [0.15, 0.2) is 59.4 Å². The zero-order chi connectivity index (χ0) is 20.8. The fraction of sp³-hybridized carbons (Fsp3) is 0.190. The first kappa shape index (κ1) is 19.9. The molecule has 8 heteroatoms. The number of nitrogens with one attached hydrogen (secondary N) is 1. The summed E-state index contributed by atoms with van der Waals surface area (Å²) in [6, 6.07) is 15.2. The zero-order valence-electron chi connectivity index (χ0n) is 16.3. The molecule has 1 heterocycles. The van der Waals surface area contributed by atoms with E-state index in [9.17, 15) is 9.59 Å². The Kier molecular flexibility index (Phi) is 6.13. The molecule has 0 radical (unpaired) electrons. The van der Waals surface area contributed by atoms with Gasteiger partial charge in [-0.05, 0) is 30.3 Å². The minimum absolute atomic E-state index is 0.247. The Hall–Kier alpha value is -3.81. The number of para-hydroxylation sites is 2. The highest BCUT2D eigenvalue weighted by molar-refractivity contribution is 5.92. The topological polar surface area (TPSA) is 91.7 Å². The summed E-state index contributed by atoms with van der Waals surface area (Å²) in [5.74, 6) is 1.30. The van der Waals surface area contributed by atoms with Gasteiger partial charge in [0.1, 0.15) is 23.8 Å². The van der Waals surface area contributed by atoms with Gasteiger partial charge in [-0.1, -0.05) is 12.1 Å². The van der Waals surface area contributed by atoms with Crippen molar-refractivity contribution in [1.82, 2.24) is 9.78 Å². The van der Waals surface area contributed by atoms with E-state index >= 15 is 0 Å². The van der Waals surface area contributed by atoms with Crippen LogP contribution in [0.4, 0.5) is 5.69 Å². The predicted octanol–water partition coefficient (Wildman–Crippen LogP) is 2.57. The number of hydrogen-bond donors (Lipinski definition) is 1. The Bertz CT molecular complexity index is 1080. The molecule has 3 rings (SSSR count). The summed E-state index contributed by atoms with van der Waals surface area (Å²) < 4.78 is 16.9. The Morgan fingerprint density at radius 3 is 2.45 bits per heavy atom. The van der Waals surface area contributed by atoms with E-state index in [-0.39, 0.29) is 6.54 Å². The Labute approximate surface area is 167 Å². The molecule has 0 unspecified atom stereocenters. The number of rotatable bonds is 7. The SMILES string of the molecule is COc1ccc(-c2ccc(=O)n(CC(=O)Nc3ccccc3OC)n2)c(OC)c1. The number of hydrogen-bond acceptors (Lipinski definition) is 6. The van der Waals surface area contributed by atoms with Crippen LogP contribution in [-0.2, 0) is 11.3 Å². The summed E-state index contributed by atoms with van der Waals surface area (Å²) >= 11 is 0. The smallest absolute Gasteiger partial charge is 0.267 e. The maximum absolute atomic E-state index is 12.4. The van der Waals surface area contributed by atoms with Crippen LogP contribution < -0.4 is 25.1 Å². The fourth-order valence-corrected chi connectivity index (χ4v) is 2.79. The van der Waals surface area contributed by atoms with Crippen LogP contribution in [0.25, 0.3) is 11.3 Å². The van der Waals surface area contributed by atoms with Crippen molar-refractivity contribution < 1.29 is 19.0 Å². The second kappa shape index (κ2) is 8.92. The standard InChI is InChI=1S/C21H21N3O5/c1-27-14-8-9-15(19(12-14)29-3)16-10-11-21(26)24(23-16)13-20(25)22-17-6-4-5-7-18(17)28-2/h4-12H,13H2,1-3H3,(H,22,25). The number of benzene rings is 2. The lowest BCUT2D eigenvalue weighted by atomic mass is 10.1. The van der Waals surface area contributed by atoms with Crippen LogP contribution in [0.3, 0.4) is 0 Å². The molecule has 0 fully saturated rings. The maximum Gasteiger partial charge on any atom is 0.267 e. The van der Waals surface area contributed by atoms with Crippen LogP contribution in [0.1, 0.15) is 0 Å². The lowest BCUT2D eigenvalue weighted by molar-refractivity contribution is -0.117. The van der Waals surface area contributed by atoms with Crippen molar-refractivity contribution in [3.8, 4) is 28.5 Å². The van der Waals surface area contributed by atoms with Crippen molar-refractivity contribution in [2.45, 2.75) is 6.54 Å². The average Bonchev–Trinajstić information content (AvgIpc) is 2.75. The molecule has 2 aromatic carbocycles. The number of carbonyl (C=O) groups is 1. The highest BCUT2D eigenvalue weighted by atomic mass is 16.5. The minimum Gasteiger partial charge on any atom is -0.497 e. The van der Waals surface area contributed by atoms with E-state index in [2.05, 4.69) is 10.4 Å². The molecule has 1 amide bonds. The number of anilines is 1. The van der Waals surface area contributed by atoms with E-state index in [1.807, 2.05) is 0 Å². The molecule has 3 aromatic rings. The summed E-state index contributed by atoms with van der Waals surface area (Å²) in [7, 11) is 4.62. The molecule has 29 heavy (non-hydrogen) atoms. The zero-order valence-corrected chi connectivity index (χ0v) is 16.3. The first-order valence-electron chi connectivity index (χ1n) is 8.79. The number of amides is 1. The molecule has 0 aliphatic rings. The quantitative estimate of drug-likeness (QED) is 0.661. The summed E-state index contributed by atoms with van der Waals surface area (Å²) in [6.45, 7) is -0.247. The van der Waals surface area contributed by atoms with Crippen LogP contribution >= 0.6 is 0 Å². The molecule has 1 N–H and O–H groups in total. The van der Waals surface area contributed by atoms with E-state index < -0.39 is 11.5 Å². The molecular formula is C21H21N3O5. The molecule has 0 saturated heterocycles. The molecule has 0 aliphatic carbocycles. The summed E-state index contributed by atoms with van der Waals surface area (Å²) in [5.41, 5.74) is 1.29. The van der Waals surface area contributed by atoms with Crippen molar-refractivity contribution in [2.24, 2.45) is 0 Å². The first-order valence-corrected chi connectivity index (χ1v) is 8.79. The molecular weight excluding hydrogens is 374 g/mol. The molecule has 150 valence electrons. The van der Waals surface area contributed by atoms with Gasteiger partial charge in [-0.25, -0.2) is 4.68 Å². The third-order valence-electron chi connectivity index (χ3n) is 4.23. The molecule has 1 aromatic heterocycles. The van der Waals surface area contributed by atoms with Crippen molar-refractivity contribution in [1.29, 1.82) is 0 Å². The van der Waals surface area contributed by atoms with Gasteiger partial charge < -0.3 is 19.5 Å². The van der Waals surface area contributed by atoms with E-state index in [1.54, 1.807) is 55.6 Å².